The van der Waals surface area contributed by atoms with Crippen molar-refractivity contribution in [2.45, 2.75) is 31.7 Å². The molecule has 1 N–H and O–H groups in total. The Morgan fingerprint density at radius 1 is 1.09 bits per heavy atom. The van der Waals surface area contributed by atoms with Crippen LogP contribution in [0.5, 0.6) is 5.75 Å². The molecule has 2 fully saturated rings. The molecule has 1 saturated carbocycles. The Bertz CT molecular complexity index is 1170. The molecule has 9 heteroatoms. The number of ether oxygens (including phenoxy) is 1. The van der Waals surface area contributed by atoms with Gasteiger partial charge in [-0.25, -0.2) is 9.78 Å². The lowest BCUT2D eigenvalue weighted by Crippen LogP contribution is -2.44. The number of aromatic nitrogens is 4. The Morgan fingerprint density at radius 3 is 2.56 bits per heavy atom. The van der Waals surface area contributed by atoms with Gasteiger partial charge in [-0.2, -0.15) is 4.98 Å². The van der Waals surface area contributed by atoms with Gasteiger partial charge in [0.15, 0.2) is 5.65 Å². The van der Waals surface area contributed by atoms with Gasteiger partial charge in [0, 0.05) is 51.0 Å². The molecule has 0 spiro atoms. The van der Waals surface area contributed by atoms with E-state index in [1.807, 2.05) is 10.6 Å². The molecular formula is C23H31N7O2. The predicted molar refractivity (Wildman–Crippen MR) is 126 cm³/mol. The number of nitrogens with one attached hydrogen (secondary N) is 1. The SMILES string of the molecule is COc1cc(N2CCN(C)CC2)ccc1Nc1ncc2c(n1)n(C1CCCC1)c(=O)n2C. The monoisotopic (exact) mass is 437 g/mol. The maximum Gasteiger partial charge on any atom is 0.330 e. The fourth-order valence-corrected chi connectivity index (χ4v) is 4.85. The molecular weight excluding hydrogens is 406 g/mol. The summed E-state index contributed by atoms with van der Waals surface area (Å²) in [5, 5.41) is 3.30. The number of imidazole rings is 1. The van der Waals surface area contributed by atoms with Crippen LogP contribution in [0.2, 0.25) is 0 Å². The van der Waals surface area contributed by atoms with Crippen molar-refractivity contribution in [2.24, 2.45) is 7.05 Å². The standard InChI is InChI=1S/C23H31N7O2/c1-27-10-12-29(13-11-27)17-8-9-18(20(14-17)32-3)25-22-24-15-19-21(26-22)30(23(31)28(19)2)16-6-4-5-7-16/h8-9,14-16H,4-7,10-13H2,1-3H3,(H,24,25,26). The number of aryl methyl sites for hydroxylation is 1. The zero-order valence-corrected chi connectivity index (χ0v) is 19.0. The Morgan fingerprint density at radius 2 is 1.84 bits per heavy atom. The molecule has 0 radical (unpaired) electrons. The van der Waals surface area contributed by atoms with E-state index in [0.29, 0.717) is 11.6 Å². The highest BCUT2D eigenvalue weighted by Gasteiger charge is 2.24. The summed E-state index contributed by atoms with van der Waals surface area (Å²) >= 11 is 0. The lowest BCUT2D eigenvalue weighted by molar-refractivity contribution is 0.312. The van der Waals surface area contributed by atoms with E-state index in [9.17, 15) is 4.79 Å². The number of anilines is 3. The van der Waals surface area contributed by atoms with E-state index < -0.39 is 0 Å². The van der Waals surface area contributed by atoms with Crippen molar-refractivity contribution in [2.75, 3.05) is 50.6 Å². The van der Waals surface area contributed by atoms with Crippen LogP contribution in [0.25, 0.3) is 11.2 Å². The number of fused-ring (bicyclic) bond motifs is 1. The second-order valence-electron chi connectivity index (χ2n) is 8.85. The highest BCUT2D eigenvalue weighted by atomic mass is 16.5. The van der Waals surface area contributed by atoms with Crippen LogP contribution in [-0.2, 0) is 7.05 Å². The summed E-state index contributed by atoms with van der Waals surface area (Å²) in [7, 11) is 5.61. The first-order valence-corrected chi connectivity index (χ1v) is 11.4. The van der Waals surface area contributed by atoms with Crippen LogP contribution in [0.1, 0.15) is 31.7 Å². The van der Waals surface area contributed by atoms with Crippen molar-refractivity contribution in [3.8, 4) is 5.75 Å². The molecule has 1 aromatic carbocycles. The van der Waals surface area contributed by atoms with Crippen molar-refractivity contribution in [1.82, 2.24) is 24.0 Å². The molecule has 0 bridgehead atoms. The van der Waals surface area contributed by atoms with Crippen molar-refractivity contribution in [3.05, 3.63) is 34.9 Å². The van der Waals surface area contributed by atoms with Gasteiger partial charge in [0.05, 0.1) is 19.0 Å². The molecule has 3 aromatic rings. The first kappa shape index (κ1) is 20.8. The van der Waals surface area contributed by atoms with Gasteiger partial charge >= 0.3 is 5.69 Å². The normalized spacial score (nSPS) is 17.9. The van der Waals surface area contributed by atoms with Crippen molar-refractivity contribution < 1.29 is 4.74 Å². The molecule has 1 aliphatic heterocycles. The maximum absolute atomic E-state index is 12.9. The summed E-state index contributed by atoms with van der Waals surface area (Å²) in [6.45, 7) is 4.10. The Kier molecular flexibility index (Phi) is 5.50. The van der Waals surface area contributed by atoms with E-state index in [0.717, 1.165) is 74.5 Å². The van der Waals surface area contributed by atoms with Gasteiger partial charge in [-0.3, -0.25) is 9.13 Å². The summed E-state index contributed by atoms with van der Waals surface area (Å²) in [5.74, 6) is 1.20. The minimum Gasteiger partial charge on any atom is -0.494 e. The van der Waals surface area contributed by atoms with Crippen LogP contribution in [-0.4, -0.2) is 64.3 Å². The van der Waals surface area contributed by atoms with Gasteiger partial charge in [0.25, 0.3) is 0 Å². The Labute approximate surface area is 187 Å². The molecule has 1 aliphatic carbocycles. The van der Waals surface area contributed by atoms with Gasteiger partial charge < -0.3 is 19.9 Å². The van der Waals surface area contributed by atoms with Crippen molar-refractivity contribution in [1.29, 1.82) is 0 Å². The Balaban J connectivity index is 1.45. The maximum atomic E-state index is 12.9. The van der Waals surface area contributed by atoms with Gasteiger partial charge in [-0.15, -0.1) is 0 Å². The number of hydrogen-bond acceptors (Lipinski definition) is 7. The van der Waals surface area contributed by atoms with Crippen LogP contribution in [0, 0.1) is 0 Å². The lowest BCUT2D eigenvalue weighted by atomic mass is 10.2. The van der Waals surface area contributed by atoms with Crippen LogP contribution < -0.4 is 20.6 Å². The molecule has 9 nitrogen and oxygen atoms in total. The third-order valence-electron chi connectivity index (χ3n) is 6.82. The minimum atomic E-state index is -0.0209. The van der Waals surface area contributed by atoms with E-state index in [-0.39, 0.29) is 11.7 Å². The first-order valence-electron chi connectivity index (χ1n) is 11.4. The smallest absolute Gasteiger partial charge is 0.330 e. The van der Waals surface area contributed by atoms with E-state index >= 15 is 0 Å². The van der Waals surface area contributed by atoms with Gasteiger partial charge in [0.1, 0.15) is 11.3 Å². The summed E-state index contributed by atoms with van der Waals surface area (Å²) in [6.07, 6.45) is 6.07. The third kappa shape index (κ3) is 3.70. The van der Waals surface area contributed by atoms with E-state index in [1.165, 1.54) is 0 Å². The molecule has 0 unspecified atom stereocenters. The fraction of sp³-hybridized carbons (Fsp3) is 0.522. The molecule has 170 valence electrons. The average Bonchev–Trinajstić information content (AvgIpc) is 3.41. The lowest BCUT2D eigenvalue weighted by Gasteiger charge is -2.34. The Hall–Kier alpha value is -3.07. The molecule has 1 saturated heterocycles. The molecule has 2 aliphatic rings. The molecule has 32 heavy (non-hydrogen) atoms. The summed E-state index contributed by atoms with van der Waals surface area (Å²) in [5.41, 5.74) is 3.37. The molecule has 0 atom stereocenters. The molecule has 0 amide bonds. The number of methoxy groups -OCH3 is 1. The zero-order valence-electron chi connectivity index (χ0n) is 19.0. The van der Waals surface area contributed by atoms with Crippen LogP contribution >= 0.6 is 0 Å². The summed E-state index contributed by atoms with van der Waals surface area (Å²) in [6, 6.07) is 6.38. The largest absolute Gasteiger partial charge is 0.494 e. The van der Waals surface area contributed by atoms with Crippen LogP contribution in [0.15, 0.2) is 29.2 Å². The highest BCUT2D eigenvalue weighted by Crippen LogP contribution is 2.33. The van der Waals surface area contributed by atoms with Gasteiger partial charge in [-0.05, 0) is 32.0 Å². The molecule has 2 aromatic heterocycles. The number of likely N-dealkylation sites (N-methyl/N-ethyl adjacent to an activating group) is 1. The third-order valence-corrected chi connectivity index (χ3v) is 6.82. The van der Waals surface area contributed by atoms with Gasteiger partial charge in [0.2, 0.25) is 5.95 Å². The number of nitrogens with zero attached hydrogens (tertiary/aromatic N) is 6. The van der Waals surface area contributed by atoms with Crippen LogP contribution in [0.3, 0.4) is 0 Å². The zero-order chi connectivity index (χ0) is 22.2. The summed E-state index contributed by atoms with van der Waals surface area (Å²) in [4.78, 5) is 26.8. The number of rotatable bonds is 5. The average molecular weight is 438 g/mol. The second-order valence-corrected chi connectivity index (χ2v) is 8.85. The topological polar surface area (TPSA) is 80.5 Å². The van der Waals surface area contributed by atoms with Crippen LogP contribution in [0.4, 0.5) is 17.3 Å². The molecule has 5 rings (SSSR count). The summed E-state index contributed by atoms with van der Waals surface area (Å²) < 4.78 is 9.16. The van der Waals surface area contributed by atoms with E-state index in [4.69, 9.17) is 9.72 Å². The quantitative estimate of drug-likeness (QED) is 0.657. The van der Waals surface area contributed by atoms with E-state index in [1.54, 1.807) is 24.9 Å². The minimum absolute atomic E-state index is 0.0209. The fourth-order valence-electron chi connectivity index (χ4n) is 4.85. The predicted octanol–water partition coefficient (Wildman–Crippen LogP) is 2.75. The number of benzene rings is 1. The van der Waals surface area contributed by atoms with E-state index in [2.05, 4.69) is 39.3 Å². The molecule has 3 heterocycles. The second kappa shape index (κ2) is 8.46. The van der Waals surface area contributed by atoms with Gasteiger partial charge in [-0.1, -0.05) is 12.8 Å². The number of piperazine rings is 1. The first-order chi connectivity index (χ1) is 15.5. The van der Waals surface area contributed by atoms with Crippen molar-refractivity contribution in [3.63, 3.8) is 0 Å². The van der Waals surface area contributed by atoms with Crippen molar-refractivity contribution >= 4 is 28.5 Å². The highest BCUT2D eigenvalue weighted by molar-refractivity contribution is 5.74. The number of hydrogen-bond donors (Lipinski definition) is 1.